The topological polar surface area (TPSA) is 60.8 Å². The first kappa shape index (κ1) is 11.2. The molecule has 0 bridgehead atoms. The third-order valence-electron chi connectivity index (χ3n) is 2.86. The fourth-order valence-corrected chi connectivity index (χ4v) is 2.11. The zero-order valence-corrected chi connectivity index (χ0v) is 9.26. The number of rotatable bonds is 1. The standard InChI is InChI=1S/C11H12ClNO3/c12-8-3-1-7(2-4-8)9-5-13(11(15)16)6-10(9)14/h1-4,9-10,14H,5-6H2,(H,15,16). The molecule has 1 fully saturated rings. The predicted molar refractivity (Wildman–Crippen MR) is 59.8 cm³/mol. The van der Waals surface area contributed by atoms with Crippen molar-refractivity contribution in [1.82, 2.24) is 4.90 Å². The van der Waals surface area contributed by atoms with Crippen molar-refractivity contribution in [2.75, 3.05) is 13.1 Å². The lowest BCUT2D eigenvalue weighted by atomic mass is 9.96. The maximum atomic E-state index is 10.8. The summed E-state index contributed by atoms with van der Waals surface area (Å²) in [4.78, 5) is 12.0. The Balaban J connectivity index is 2.16. The number of β-amino-alcohol motifs (C(OH)–C–C–N with tert-alkyl or cyclic N) is 1. The Morgan fingerprint density at radius 2 is 1.94 bits per heavy atom. The summed E-state index contributed by atoms with van der Waals surface area (Å²) >= 11 is 5.77. The SMILES string of the molecule is O=C(O)N1CC(O)C(c2ccc(Cl)cc2)C1. The lowest BCUT2D eigenvalue weighted by molar-refractivity contribution is 0.138. The molecule has 1 amide bonds. The number of nitrogens with zero attached hydrogens (tertiary/aromatic N) is 1. The normalized spacial score (nSPS) is 24.8. The molecule has 16 heavy (non-hydrogen) atoms. The Kier molecular flexibility index (Phi) is 3.03. The number of likely N-dealkylation sites (tertiary alicyclic amines) is 1. The van der Waals surface area contributed by atoms with Crippen molar-refractivity contribution in [1.29, 1.82) is 0 Å². The summed E-state index contributed by atoms with van der Waals surface area (Å²) in [7, 11) is 0. The number of halogens is 1. The molecular weight excluding hydrogens is 230 g/mol. The third kappa shape index (κ3) is 2.13. The van der Waals surface area contributed by atoms with Crippen LogP contribution < -0.4 is 0 Å². The van der Waals surface area contributed by atoms with Crippen LogP contribution in [0.25, 0.3) is 0 Å². The summed E-state index contributed by atoms with van der Waals surface area (Å²) in [5.74, 6) is -0.159. The molecule has 1 saturated heterocycles. The van der Waals surface area contributed by atoms with Gasteiger partial charge in [0.15, 0.2) is 0 Å². The van der Waals surface area contributed by atoms with Crippen LogP contribution in [-0.2, 0) is 0 Å². The summed E-state index contributed by atoms with van der Waals surface area (Å²) in [6.45, 7) is 0.501. The zero-order chi connectivity index (χ0) is 11.7. The molecular formula is C11H12ClNO3. The summed E-state index contributed by atoms with van der Waals surface area (Å²) in [6.07, 6.45) is -1.63. The molecule has 1 aromatic carbocycles. The summed E-state index contributed by atoms with van der Waals surface area (Å²) in [5, 5.41) is 19.3. The number of amides is 1. The molecule has 2 unspecified atom stereocenters. The van der Waals surface area contributed by atoms with Crippen molar-refractivity contribution >= 4 is 17.7 Å². The van der Waals surface area contributed by atoms with Gasteiger partial charge >= 0.3 is 6.09 Å². The zero-order valence-electron chi connectivity index (χ0n) is 8.51. The average molecular weight is 242 g/mol. The van der Waals surface area contributed by atoms with Crippen LogP contribution in [0.4, 0.5) is 4.79 Å². The van der Waals surface area contributed by atoms with Gasteiger partial charge in [-0.05, 0) is 17.7 Å². The van der Waals surface area contributed by atoms with E-state index < -0.39 is 12.2 Å². The Bertz CT molecular complexity index is 393. The molecule has 1 aliphatic heterocycles. The molecule has 0 aromatic heterocycles. The van der Waals surface area contributed by atoms with Crippen LogP contribution in [0.5, 0.6) is 0 Å². The van der Waals surface area contributed by atoms with Crippen LogP contribution in [0.15, 0.2) is 24.3 Å². The minimum Gasteiger partial charge on any atom is -0.465 e. The minimum absolute atomic E-state index is 0.159. The van der Waals surface area contributed by atoms with E-state index in [4.69, 9.17) is 16.7 Å². The molecule has 4 nitrogen and oxygen atoms in total. The van der Waals surface area contributed by atoms with Gasteiger partial charge in [-0.25, -0.2) is 4.79 Å². The molecule has 0 spiro atoms. The van der Waals surface area contributed by atoms with E-state index in [1.54, 1.807) is 12.1 Å². The van der Waals surface area contributed by atoms with E-state index in [-0.39, 0.29) is 12.5 Å². The highest BCUT2D eigenvalue weighted by Crippen LogP contribution is 2.28. The smallest absolute Gasteiger partial charge is 0.407 e. The Morgan fingerprint density at radius 1 is 1.31 bits per heavy atom. The van der Waals surface area contributed by atoms with Crippen molar-refractivity contribution in [3.8, 4) is 0 Å². The lowest BCUT2D eigenvalue weighted by Gasteiger charge is -2.13. The second-order valence-corrected chi connectivity index (χ2v) is 4.35. The van der Waals surface area contributed by atoms with Crippen molar-refractivity contribution < 1.29 is 15.0 Å². The summed E-state index contributed by atoms with van der Waals surface area (Å²) < 4.78 is 0. The summed E-state index contributed by atoms with van der Waals surface area (Å²) in [6, 6.07) is 7.13. The van der Waals surface area contributed by atoms with Gasteiger partial charge < -0.3 is 15.1 Å². The number of aliphatic hydroxyl groups is 1. The first-order chi connectivity index (χ1) is 7.58. The number of hydrogen-bond acceptors (Lipinski definition) is 2. The Hall–Kier alpha value is -1.26. The molecule has 2 atom stereocenters. The minimum atomic E-state index is -0.990. The predicted octanol–water partition coefficient (Wildman–Crippen LogP) is 1.78. The van der Waals surface area contributed by atoms with Crippen LogP contribution in [0, 0.1) is 0 Å². The second kappa shape index (κ2) is 4.31. The largest absolute Gasteiger partial charge is 0.465 e. The van der Waals surface area contributed by atoms with E-state index in [1.165, 1.54) is 4.90 Å². The average Bonchev–Trinajstić information content (AvgIpc) is 2.62. The molecule has 2 rings (SSSR count). The fraction of sp³-hybridized carbons (Fsp3) is 0.364. The van der Waals surface area contributed by atoms with Gasteiger partial charge in [0.25, 0.3) is 0 Å². The number of aliphatic hydroxyl groups excluding tert-OH is 1. The molecule has 86 valence electrons. The molecule has 2 N–H and O–H groups in total. The molecule has 0 radical (unpaired) electrons. The molecule has 1 aliphatic rings. The third-order valence-corrected chi connectivity index (χ3v) is 3.11. The van der Waals surface area contributed by atoms with E-state index in [2.05, 4.69) is 0 Å². The second-order valence-electron chi connectivity index (χ2n) is 3.91. The van der Waals surface area contributed by atoms with Crippen LogP contribution >= 0.6 is 11.6 Å². The number of benzene rings is 1. The van der Waals surface area contributed by atoms with Gasteiger partial charge in [0, 0.05) is 17.5 Å². The van der Waals surface area contributed by atoms with Crippen LogP contribution in [0.2, 0.25) is 5.02 Å². The molecule has 1 aromatic rings. The Morgan fingerprint density at radius 3 is 2.44 bits per heavy atom. The van der Waals surface area contributed by atoms with Crippen LogP contribution in [0.3, 0.4) is 0 Å². The highest BCUT2D eigenvalue weighted by Gasteiger charge is 2.34. The van der Waals surface area contributed by atoms with Gasteiger partial charge in [-0.2, -0.15) is 0 Å². The summed E-state index contributed by atoms with van der Waals surface area (Å²) in [5.41, 5.74) is 0.917. The van der Waals surface area contributed by atoms with E-state index in [1.807, 2.05) is 12.1 Å². The number of hydrogen-bond donors (Lipinski definition) is 2. The van der Waals surface area contributed by atoms with Gasteiger partial charge in [0.2, 0.25) is 0 Å². The van der Waals surface area contributed by atoms with Crippen molar-refractivity contribution in [2.24, 2.45) is 0 Å². The highest BCUT2D eigenvalue weighted by molar-refractivity contribution is 6.30. The van der Waals surface area contributed by atoms with Crippen molar-refractivity contribution in [2.45, 2.75) is 12.0 Å². The first-order valence-corrected chi connectivity index (χ1v) is 5.37. The van der Waals surface area contributed by atoms with Crippen LogP contribution in [-0.4, -0.2) is 40.4 Å². The van der Waals surface area contributed by atoms with Crippen molar-refractivity contribution in [3.05, 3.63) is 34.9 Å². The fourth-order valence-electron chi connectivity index (χ4n) is 1.98. The van der Waals surface area contributed by atoms with Gasteiger partial charge in [0.05, 0.1) is 12.6 Å². The lowest BCUT2D eigenvalue weighted by Crippen LogP contribution is -2.27. The molecule has 5 heteroatoms. The van der Waals surface area contributed by atoms with Crippen LogP contribution in [0.1, 0.15) is 11.5 Å². The van der Waals surface area contributed by atoms with E-state index in [9.17, 15) is 9.90 Å². The molecule has 1 heterocycles. The first-order valence-electron chi connectivity index (χ1n) is 4.99. The molecule has 0 saturated carbocycles. The van der Waals surface area contributed by atoms with E-state index in [0.29, 0.717) is 11.6 Å². The van der Waals surface area contributed by atoms with Gasteiger partial charge in [-0.1, -0.05) is 23.7 Å². The molecule has 0 aliphatic carbocycles. The van der Waals surface area contributed by atoms with Crippen molar-refractivity contribution in [3.63, 3.8) is 0 Å². The monoisotopic (exact) mass is 241 g/mol. The quantitative estimate of drug-likeness (QED) is 0.788. The van der Waals surface area contributed by atoms with Gasteiger partial charge in [-0.15, -0.1) is 0 Å². The number of carbonyl (C=O) groups is 1. The Labute approximate surface area is 98.1 Å². The maximum absolute atomic E-state index is 10.8. The number of carboxylic acid groups (broad SMARTS) is 1. The van der Waals surface area contributed by atoms with E-state index >= 15 is 0 Å². The van der Waals surface area contributed by atoms with Gasteiger partial charge in [-0.3, -0.25) is 0 Å². The highest BCUT2D eigenvalue weighted by atomic mass is 35.5. The van der Waals surface area contributed by atoms with E-state index in [0.717, 1.165) is 5.56 Å². The van der Waals surface area contributed by atoms with Gasteiger partial charge in [0.1, 0.15) is 0 Å². The maximum Gasteiger partial charge on any atom is 0.407 e.